The molecule has 2 amide bonds. The summed E-state index contributed by atoms with van der Waals surface area (Å²) in [7, 11) is 3.30. The Labute approximate surface area is 278 Å². The number of nitrogens with zero attached hydrogens (tertiary/aromatic N) is 2. The molecule has 9 heteroatoms. The molecule has 2 N–H and O–H groups in total. The molecular formula is C38H49N3O6. The minimum atomic E-state index is -0.669. The lowest BCUT2D eigenvalue weighted by Crippen LogP contribution is -2.58. The molecule has 5 rings (SSSR count). The number of carbonyl (C=O) groups is 2. The number of carbonyl (C=O) groups excluding carboxylic acids is 2. The highest BCUT2D eigenvalue weighted by atomic mass is 16.6. The molecule has 2 aliphatic rings. The summed E-state index contributed by atoms with van der Waals surface area (Å²) >= 11 is 0. The molecule has 1 saturated heterocycles. The molecule has 9 nitrogen and oxygen atoms in total. The third-order valence-electron chi connectivity index (χ3n) is 8.65. The molecule has 3 aromatic carbocycles. The zero-order chi connectivity index (χ0) is 33.6. The lowest BCUT2D eigenvalue weighted by molar-refractivity contribution is -0.139. The van der Waals surface area contributed by atoms with E-state index in [2.05, 4.69) is 30.3 Å². The van der Waals surface area contributed by atoms with Crippen LogP contribution in [0.15, 0.2) is 72.8 Å². The van der Waals surface area contributed by atoms with E-state index in [0.717, 1.165) is 41.5 Å². The number of piperidine rings is 1. The van der Waals surface area contributed by atoms with Crippen molar-refractivity contribution in [2.24, 2.45) is 11.7 Å². The first-order valence-electron chi connectivity index (χ1n) is 16.6. The van der Waals surface area contributed by atoms with Gasteiger partial charge in [-0.05, 0) is 68.0 Å². The van der Waals surface area contributed by atoms with Crippen molar-refractivity contribution < 1.29 is 28.5 Å². The summed E-state index contributed by atoms with van der Waals surface area (Å²) < 4.78 is 22.5. The number of benzene rings is 3. The normalized spacial score (nSPS) is 19.6. The summed E-state index contributed by atoms with van der Waals surface area (Å²) in [5.41, 5.74) is 10.3. The van der Waals surface area contributed by atoms with E-state index < -0.39 is 23.7 Å². The largest absolute Gasteiger partial charge is 0.497 e. The van der Waals surface area contributed by atoms with Crippen molar-refractivity contribution in [2.45, 2.75) is 70.2 Å². The highest BCUT2D eigenvalue weighted by molar-refractivity contribution is 5.82. The standard InChI is InChI=1S/C38H49N3O6/c1-38(2,3)47-37(43)40-24-33(35(34(39)25-40)29-14-9-13-28(21-29)27-11-7-6-8-12-27)36(42)41(30-15-16-30)23-26-19-31(45-5)22-32(20-26)46-18-10-17-44-4/h6-9,11-14,19-22,30,33-35H,10,15-18,23-25,39H2,1-5H3/t33-,34+,35+/m0/s1. The van der Waals surface area contributed by atoms with Gasteiger partial charge in [0.05, 0.1) is 19.6 Å². The number of nitrogens with two attached hydrogens (primary N) is 1. The maximum atomic E-state index is 14.8. The van der Waals surface area contributed by atoms with E-state index in [4.69, 9.17) is 24.7 Å². The Bertz CT molecular complexity index is 1500. The van der Waals surface area contributed by atoms with Crippen LogP contribution in [0.5, 0.6) is 11.5 Å². The molecule has 0 aromatic heterocycles. The van der Waals surface area contributed by atoms with E-state index in [1.807, 2.05) is 68.1 Å². The Balaban J connectivity index is 1.46. The SMILES string of the molecule is COCCCOc1cc(CN(C(=O)[C@H]2CN(C(=O)OC(C)(C)C)C[C@@H](N)[C@@H]2c2cccc(-c3ccccc3)c2)C2CC2)cc(OC)c1. The van der Waals surface area contributed by atoms with E-state index in [1.54, 1.807) is 19.1 Å². The summed E-state index contributed by atoms with van der Waals surface area (Å²) in [5.74, 6) is 0.477. The molecule has 1 aliphatic heterocycles. The van der Waals surface area contributed by atoms with Gasteiger partial charge in [-0.2, -0.15) is 0 Å². The molecule has 0 spiro atoms. The van der Waals surface area contributed by atoms with Crippen LogP contribution in [0.25, 0.3) is 11.1 Å². The minimum absolute atomic E-state index is 0.0169. The van der Waals surface area contributed by atoms with Crippen molar-refractivity contribution in [3.63, 3.8) is 0 Å². The minimum Gasteiger partial charge on any atom is -0.497 e. The van der Waals surface area contributed by atoms with E-state index in [9.17, 15) is 9.59 Å². The Kier molecular flexibility index (Phi) is 11.1. The van der Waals surface area contributed by atoms with Crippen LogP contribution in [-0.2, 0) is 20.8 Å². The summed E-state index contributed by atoms with van der Waals surface area (Å²) in [6.07, 6.45) is 2.17. The van der Waals surface area contributed by atoms with E-state index in [0.29, 0.717) is 37.8 Å². The predicted molar refractivity (Wildman–Crippen MR) is 182 cm³/mol. The fourth-order valence-corrected chi connectivity index (χ4v) is 6.33. The monoisotopic (exact) mass is 643 g/mol. The van der Waals surface area contributed by atoms with Crippen LogP contribution in [0, 0.1) is 5.92 Å². The summed E-state index contributed by atoms with van der Waals surface area (Å²) in [5, 5.41) is 0. The number of hydrogen-bond acceptors (Lipinski definition) is 7. The highest BCUT2D eigenvalue weighted by Crippen LogP contribution is 2.39. The van der Waals surface area contributed by atoms with Crippen LogP contribution >= 0.6 is 0 Å². The Hall–Kier alpha value is -4.08. The zero-order valence-electron chi connectivity index (χ0n) is 28.3. The fraction of sp³-hybridized carbons (Fsp3) is 0.474. The molecular weight excluding hydrogens is 594 g/mol. The molecule has 1 saturated carbocycles. The topological polar surface area (TPSA) is 104 Å². The van der Waals surface area contributed by atoms with Crippen molar-refractivity contribution >= 4 is 12.0 Å². The second-order valence-electron chi connectivity index (χ2n) is 13.6. The predicted octanol–water partition coefficient (Wildman–Crippen LogP) is 6.25. The fourth-order valence-electron chi connectivity index (χ4n) is 6.33. The van der Waals surface area contributed by atoms with Crippen LogP contribution in [0.1, 0.15) is 57.1 Å². The molecule has 1 aliphatic carbocycles. The van der Waals surface area contributed by atoms with Crippen molar-refractivity contribution in [1.29, 1.82) is 0 Å². The Morgan fingerprint density at radius 3 is 2.30 bits per heavy atom. The zero-order valence-corrected chi connectivity index (χ0v) is 28.3. The van der Waals surface area contributed by atoms with Crippen LogP contribution in [-0.4, -0.2) is 80.0 Å². The van der Waals surface area contributed by atoms with E-state index in [1.165, 1.54) is 0 Å². The number of hydrogen-bond donors (Lipinski definition) is 1. The molecule has 3 atom stereocenters. The Morgan fingerprint density at radius 1 is 0.894 bits per heavy atom. The van der Waals surface area contributed by atoms with Gasteiger partial charge in [0.15, 0.2) is 0 Å². The van der Waals surface area contributed by atoms with Crippen molar-refractivity contribution in [3.8, 4) is 22.6 Å². The molecule has 0 unspecified atom stereocenters. The number of methoxy groups -OCH3 is 2. The lowest BCUT2D eigenvalue weighted by atomic mass is 9.76. The first-order chi connectivity index (χ1) is 22.6. The van der Waals surface area contributed by atoms with Gasteiger partial charge in [-0.1, -0.05) is 54.6 Å². The van der Waals surface area contributed by atoms with E-state index >= 15 is 0 Å². The summed E-state index contributed by atoms with van der Waals surface area (Å²) in [4.78, 5) is 31.7. The number of amides is 2. The third-order valence-corrected chi connectivity index (χ3v) is 8.65. The van der Waals surface area contributed by atoms with Gasteiger partial charge in [0.25, 0.3) is 0 Å². The van der Waals surface area contributed by atoms with Gasteiger partial charge in [0, 0.05) is 63.8 Å². The molecule has 252 valence electrons. The van der Waals surface area contributed by atoms with Gasteiger partial charge in [-0.3, -0.25) is 4.79 Å². The number of likely N-dealkylation sites (tertiary alicyclic amines) is 1. The Morgan fingerprint density at radius 2 is 1.62 bits per heavy atom. The third kappa shape index (κ3) is 9.05. The van der Waals surface area contributed by atoms with Crippen molar-refractivity contribution in [3.05, 3.63) is 83.9 Å². The first kappa shape index (κ1) is 34.3. The van der Waals surface area contributed by atoms with Crippen LogP contribution in [0.2, 0.25) is 0 Å². The van der Waals surface area contributed by atoms with Crippen LogP contribution in [0.3, 0.4) is 0 Å². The molecule has 3 aromatic rings. The number of rotatable bonds is 12. The van der Waals surface area contributed by atoms with Gasteiger partial charge in [-0.25, -0.2) is 4.79 Å². The molecule has 1 heterocycles. The van der Waals surface area contributed by atoms with E-state index in [-0.39, 0.29) is 24.4 Å². The average Bonchev–Trinajstić information content (AvgIpc) is 3.90. The van der Waals surface area contributed by atoms with Crippen molar-refractivity contribution in [1.82, 2.24) is 9.80 Å². The molecule has 2 fully saturated rings. The maximum Gasteiger partial charge on any atom is 0.410 e. The highest BCUT2D eigenvalue weighted by Gasteiger charge is 2.46. The van der Waals surface area contributed by atoms with Gasteiger partial charge in [0.1, 0.15) is 17.1 Å². The lowest BCUT2D eigenvalue weighted by Gasteiger charge is -2.43. The summed E-state index contributed by atoms with van der Waals surface area (Å²) in [6, 6.07) is 23.9. The second kappa shape index (κ2) is 15.2. The molecule has 47 heavy (non-hydrogen) atoms. The van der Waals surface area contributed by atoms with Crippen molar-refractivity contribution in [2.75, 3.05) is 40.5 Å². The van der Waals surface area contributed by atoms with Crippen LogP contribution < -0.4 is 15.2 Å². The smallest absolute Gasteiger partial charge is 0.410 e. The molecule has 0 bridgehead atoms. The average molecular weight is 644 g/mol. The van der Waals surface area contributed by atoms with Gasteiger partial charge >= 0.3 is 6.09 Å². The quantitative estimate of drug-likeness (QED) is 0.233. The maximum absolute atomic E-state index is 14.8. The molecule has 0 radical (unpaired) electrons. The second-order valence-corrected chi connectivity index (χ2v) is 13.6. The number of ether oxygens (including phenoxy) is 4. The summed E-state index contributed by atoms with van der Waals surface area (Å²) in [6.45, 7) is 7.55. The van der Waals surface area contributed by atoms with Gasteiger partial charge in [-0.15, -0.1) is 0 Å². The van der Waals surface area contributed by atoms with Gasteiger partial charge < -0.3 is 34.5 Å². The van der Waals surface area contributed by atoms with Crippen LogP contribution in [0.4, 0.5) is 4.79 Å². The first-order valence-corrected chi connectivity index (χ1v) is 16.6. The van der Waals surface area contributed by atoms with Gasteiger partial charge in [0.2, 0.25) is 5.91 Å².